The van der Waals surface area contributed by atoms with Gasteiger partial charge in [0.15, 0.2) is 5.78 Å². The normalized spacial score (nSPS) is 12.9. The van der Waals surface area contributed by atoms with Crippen molar-refractivity contribution in [3.05, 3.63) is 64.2 Å². The summed E-state index contributed by atoms with van der Waals surface area (Å²) in [6, 6.07) is 12.4. The summed E-state index contributed by atoms with van der Waals surface area (Å²) in [4.78, 5) is 28.2. The van der Waals surface area contributed by atoms with Crippen molar-refractivity contribution in [3.63, 3.8) is 0 Å². The first-order valence-electron chi connectivity index (χ1n) is 16.4. The third-order valence-corrected chi connectivity index (χ3v) is 8.64. The summed E-state index contributed by atoms with van der Waals surface area (Å²) in [5.41, 5.74) is 6.78. The summed E-state index contributed by atoms with van der Waals surface area (Å²) in [7, 11) is 0. The van der Waals surface area contributed by atoms with E-state index >= 15 is 0 Å². The van der Waals surface area contributed by atoms with Crippen LogP contribution in [-0.4, -0.2) is 80.0 Å². The molecule has 6 nitrogen and oxygen atoms in total. The van der Waals surface area contributed by atoms with Crippen LogP contribution in [0.2, 0.25) is 0 Å². The van der Waals surface area contributed by atoms with E-state index in [0.717, 1.165) is 99.2 Å². The quantitative estimate of drug-likeness (QED) is 0.133. The van der Waals surface area contributed by atoms with E-state index in [4.69, 9.17) is 0 Å². The number of ketones is 1. The molecule has 0 bridgehead atoms. The van der Waals surface area contributed by atoms with Gasteiger partial charge in [0.25, 0.3) is 0 Å². The zero-order valence-electron chi connectivity index (χ0n) is 27.8. The Morgan fingerprint density at radius 2 is 1.40 bits per heavy atom. The molecule has 0 heterocycles. The molecule has 0 saturated heterocycles. The highest BCUT2D eigenvalue weighted by Gasteiger charge is 2.28. The number of nitrogens with one attached hydrogen (secondary N) is 2. The molecule has 2 N–H and O–H groups in total. The van der Waals surface area contributed by atoms with Crippen molar-refractivity contribution < 1.29 is 14.1 Å². The van der Waals surface area contributed by atoms with E-state index in [9.17, 15) is 9.59 Å². The van der Waals surface area contributed by atoms with E-state index in [1.807, 2.05) is 32.0 Å². The molecule has 42 heavy (non-hydrogen) atoms. The fraction of sp³-hybridized carbons (Fsp3) is 0.611. The van der Waals surface area contributed by atoms with Crippen LogP contribution in [0.5, 0.6) is 0 Å². The van der Waals surface area contributed by atoms with Crippen LogP contribution in [0.15, 0.2) is 36.4 Å². The van der Waals surface area contributed by atoms with Crippen molar-refractivity contribution in [1.82, 2.24) is 10.2 Å². The number of quaternary nitrogens is 1. The lowest BCUT2D eigenvalue weighted by molar-refractivity contribution is -0.918. The van der Waals surface area contributed by atoms with Crippen molar-refractivity contribution in [2.45, 2.75) is 87.0 Å². The Hall–Kier alpha value is -2.54. The molecule has 1 unspecified atom stereocenters. The Morgan fingerprint density at radius 1 is 0.762 bits per heavy atom. The smallest absolute Gasteiger partial charge is 0.238 e. The molecule has 0 saturated carbocycles. The number of benzene rings is 2. The van der Waals surface area contributed by atoms with Gasteiger partial charge >= 0.3 is 0 Å². The zero-order chi connectivity index (χ0) is 31.0. The lowest BCUT2D eigenvalue weighted by Gasteiger charge is -2.37. The molecule has 2 aromatic rings. The maximum atomic E-state index is 13.2. The van der Waals surface area contributed by atoms with Gasteiger partial charge in [0.1, 0.15) is 6.54 Å². The number of hydrogen-bond acceptors (Lipinski definition) is 4. The summed E-state index contributed by atoms with van der Waals surface area (Å²) in [5, 5.41) is 6.79. The van der Waals surface area contributed by atoms with Crippen LogP contribution in [0, 0.1) is 27.7 Å². The number of anilines is 1. The number of aryl methyl sites for hydroxylation is 4. The molecule has 234 valence electrons. The molecule has 0 aliphatic carbocycles. The molecule has 0 spiro atoms. The Labute approximate surface area is 256 Å². The number of carbonyl (C=O) groups is 2. The first-order valence-corrected chi connectivity index (χ1v) is 16.4. The molecule has 0 radical (unpaired) electrons. The van der Waals surface area contributed by atoms with Gasteiger partial charge in [0.05, 0.1) is 26.2 Å². The van der Waals surface area contributed by atoms with Crippen molar-refractivity contribution in [3.8, 4) is 0 Å². The van der Waals surface area contributed by atoms with Gasteiger partial charge in [-0.2, -0.15) is 0 Å². The summed E-state index contributed by atoms with van der Waals surface area (Å²) in [6.07, 6.45) is 6.03. The van der Waals surface area contributed by atoms with Crippen LogP contribution in [0.4, 0.5) is 5.69 Å². The van der Waals surface area contributed by atoms with Gasteiger partial charge in [-0.15, -0.1) is 0 Å². The number of carbonyl (C=O) groups excluding carboxylic acids is 2. The van der Waals surface area contributed by atoms with Crippen LogP contribution >= 0.6 is 0 Å². The van der Waals surface area contributed by atoms with Gasteiger partial charge in [-0.1, -0.05) is 56.7 Å². The molecule has 0 fully saturated rings. The van der Waals surface area contributed by atoms with E-state index < -0.39 is 0 Å². The Morgan fingerprint density at radius 3 is 2.00 bits per heavy atom. The summed E-state index contributed by atoms with van der Waals surface area (Å²) < 4.78 is 0.864. The van der Waals surface area contributed by atoms with Crippen molar-refractivity contribution >= 4 is 17.4 Å². The maximum absolute atomic E-state index is 13.2. The maximum Gasteiger partial charge on any atom is 0.238 e. The highest BCUT2D eigenvalue weighted by molar-refractivity contribution is 5.93. The number of likely N-dealkylation sites (N-methyl/N-ethyl adjacent to an activating group) is 1. The second kappa shape index (κ2) is 18.9. The van der Waals surface area contributed by atoms with Crippen LogP contribution in [0.1, 0.15) is 80.7 Å². The first kappa shape index (κ1) is 35.7. The molecule has 6 heteroatoms. The highest BCUT2D eigenvalue weighted by Crippen LogP contribution is 2.19. The van der Waals surface area contributed by atoms with Crippen molar-refractivity contribution in [2.75, 3.05) is 64.2 Å². The number of nitrogens with zero attached hydrogens (tertiary/aromatic N) is 2. The highest BCUT2D eigenvalue weighted by atomic mass is 16.2. The Balaban J connectivity index is 1.73. The molecule has 2 rings (SSSR count). The minimum absolute atomic E-state index is 0.0691. The molecule has 0 aliphatic rings. The Kier molecular flexibility index (Phi) is 16.0. The number of unbranched alkanes of at least 4 members (excludes halogenated alkanes) is 2. The lowest BCUT2D eigenvalue weighted by atomic mass is 9.97. The van der Waals surface area contributed by atoms with E-state index in [-0.39, 0.29) is 5.91 Å². The third kappa shape index (κ3) is 12.0. The van der Waals surface area contributed by atoms with E-state index in [2.05, 4.69) is 68.4 Å². The van der Waals surface area contributed by atoms with Gasteiger partial charge in [0, 0.05) is 18.7 Å². The minimum Gasteiger partial charge on any atom is -0.324 e. The number of para-hydroxylation sites is 1. The lowest BCUT2D eigenvalue weighted by Crippen LogP contribution is -2.54. The number of rotatable bonds is 21. The number of Topliss-reactive ketones (excluding diaryl/α,β-unsaturated/α-hetero) is 1. The Bertz CT molecular complexity index is 1080. The second-order valence-electron chi connectivity index (χ2n) is 12.3. The van der Waals surface area contributed by atoms with Crippen LogP contribution in [0.3, 0.4) is 0 Å². The third-order valence-electron chi connectivity index (χ3n) is 8.64. The second-order valence-corrected chi connectivity index (χ2v) is 12.3. The predicted octanol–water partition coefficient (Wildman–Crippen LogP) is 6.39. The molecule has 0 aromatic heterocycles. The molecule has 1 amide bonds. The van der Waals surface area contributed by atoms with Gasteiger partial charge in [-0.3, -0.25) is 14.5 Å². The fourth-order valence-corrected chi connectivity index (χ4v) is 6.11. The van der Waals surface area contributed by atoms with Gasteiger partial charge in [0.2, 0.25) is 5.91 Å². The summed E-state index contributed by atoms with van der Waals surface area (Å²) >= 11 is 0. The van der Waals surface area contributed by atoms with Crippen LogP contribution in [0.25, 0.3) is 0 Å². The van der Waals surface area contributed by atoms with Gasteiger partial charge in [-0.05, 0) is 108 Å². The monoisotopic (exact) mass is 579 g/mol. The molecule has 0 aliphatic heterocycles. The average Bonchev–Trinajstić information content (AvgIpc) is 2.94. The van der Waals surface area contributed by atoms with E-state index in [1.54, 1.807) is 0 Å². The average molecular weight is 580 g/mol. The molecular weight excluding hydrogens is 520 g/mol. The van der Waals surface area contributed by atoms with Crippen LogP contribution in [-0.2, 0) is 16.0 Å². The minimum atomic E-state index is 0.0691. The van der Waals surface area contributed by atoms with Crippen LogP contribution < -0.4 is 10.6 Å². The number of hydrogen-bond donors (Lipinski definition) is 2. The number of amides is 1. The largest absolute Gasteiger partial charge is 0.324 e. The predicted molar refractivity (Wildman–Crippen MR) is 178 cm³/mol. The van der Waals surface area contributed by atoms with Crippen molar-refractivity contribution in [2.24, 2.45) is 0 Å². The summed E-state index contributed by atoms with van der Waals surface area (Å²) in [5.74, 6) is 0.418. The van der Waals surface area contributed by atoms with E-state index in [1.165, 1.54) is 16.7 Å². The molecular formula is C36H59N4O2+. The summed E-state index contributed by atoms with van der Waals surface area (Å²) in [6.45, 7) is 22.8. The first-order chi connectivity index (χ1) is 20.1. The SMILES string of the molecule is CCCN(CCCCCNCC[N+](CC)(CCC)CC(=O)Cc1c(C)cccc1C)CC(=O)Nc1c(C)cccc1C. The standard InChI is InChI=1S/C36H58N4O2/c1-8-22-39(27-35(42)38-36-31(6)18-15-19-32(36)7)23-13-11-12-20-37-21-25-40(10-3,24-9-2)28-33(41)26-34-29(4)16-14-17-30(34)5/h14-19,37H,8-13,20-28H2,1-7H3/p+1. The van der Waals surface area contributed by atoms with Gasteiger partial charge in [-0.25, -0.2) is 0 Å². The molecule has 2 aromatic carbocycles. The van der Waals surface area contributed by atoms with E-state index in [0.29, 0.717) is 25.3 Å². The molecule has 1 atom stereocenters. The zero-order valence-corrected chi connectivity index (χ0v) is 27.8. The van der Waals surface area contributed by atoms with Gasteiger partial charge < -0.3 is 15.1 Å². The fourth-order valence-electron chi connectivity index (χ4n) is 6.11. The van der Waals surface area contributed by atoms with Crippen molar-refractivity contribution in [1.29, 1.82) is 0 Å². The topological polar surface area (TPSA) is 61.4 Å².